The van der Waals surface area contributed by atoms with Crippen molar-refractivity contribution in [1.82, 2.24) is 0 Å². The molecule has 0 radical (unpaired) electrons. The summed E-state index contributed by atoms with van der Waals surface area (Å²) in [5.41, 5.74) is 0.349. The van der Waals surface area contributed by atoms with Gasteiger partial charge in [0.05, 0.1) is 23.6 Å². The number of benzene rings is 2. The fourth-order valence-electron chi connectivity index (χ4n) is 2.19. The highest BCUT2D eigenvalue weighted by Crippen LogP contribution is 2.37. The van der Waals surface area contributed by atoms with Crippen LogP contribution in [0.5, 0.6) is 11.5 Å². The number of hydrogen-bond donors (Lipinski definition) is 0. The predicted octanol–water partition coefficient (Wildman–Crippen LogP) is 4.22. The number of halogens is 2. The second-order valence-electron chi connectivity index (χ2n) is 5.04. The van der Waals surface area contributed by atoms with E-state index in [1.54, 1.807) is 13.0 Å². The van der Waals surface area contributed by atoms with Crippen molar-refractivity contribution < 1.29 is 22.3 Å². The van der Waals surface area contributed by atoms with Crippen LogP contribution in [0.4, 0.5) is 4.39 Å². The first-order valence-electron chi connectivity index (χ1n) is 7.46. The molecule has 0 aliphatic carbocycles. The summed E-state index contributed by atoms with van der Waals surface area (Å²) >= 11 is 6.14. The Morgan fingerprint density at radius 2 is 1.96 bits per heavy atom. The Bertz CT molecular complexity index is 979. The summed E-state index contributed by atoms with van der Waals surface area (Å²) < 4.78 is 48.8. The van der Waals surface area contributed by atoms with Crippen molar-refractivity contribution in [2.45, 2.75) is 11.8 Å². The lowest BCUT2D eigenvalue weighted by molar-refractivity contribution is 0.311. The van der Waals surface area contributed by atoms with Gasteiger partial charge in [-0.15, -0.1) is 0 Å². The molecule has 0 aromatic heterocycles. The van der Waals surface area contributed by atoms with Gasteiger partial charge in [0.15, 0.2) is 11.5 Å². The zero-order chi connectivity index (χ0) is 19.3. The Morgan fingerprint density at radius 3 is 2.50 bits per heavy atom. The molecule has 0 aliphatic rings. The van der Waals surface area contributed by atoms with Gasteiger partial charge in [-0.3, -0.25) is 0 Å². The standard InChI is InChI=1S/C18H15ClFNO4S/c1-3-25-17-10-12(9-16(19)18(17)24-2)8-15(11-21)26(22,23)14-6-4-13(20)5-7-14/h4-10H,3H2,1-2H3/b15-8+. The number of hydrogen-bond acceptors (Lipinski definition) is 5. The van der Waals surface area contributed by atoms with E-state index in [1.807, 2.05) is 0 Å². The van der Waals surface area contributed by atoms with Crippen LogP contribution < -0.4 is 9.47 Å². The van der Waals surface area contributed by atoms with Crippen molar-refractivity contribution in [2.24, 2.45) is 0 Å². The Balaban J connectivity index is 2.55. The van der Waals surface area contributed by atoms with Crippen molar-refractivity contribution >= 4 is 27.5 Å². The first-order valence-corrected chi connectivity index (χ1v) is 9.32. The number of sulfone groups is 1. The highest BCUT2D eigenvalue weighted by Gasteiger charge is 2.21. The molecule has 0 fully saturated rings. The average Bonchev–Trinajstić information content (AvgIpc) is 2.60. The van der Waals surface area contributed by atoms with Crippen LogP contribution in [-0.4, -0.2) is 22.1 Å². The number of nitrogens with zero attached hydrogens (tertiary/aromatic N) is 1. The maximum atomic E-state index is 13.0. The summed E-state index contributed by atoms with van der Waals surface area (Å²) in [6.45, 7) is 2.12. The number of methoxy groups -OCH3 is 1. The van der Waals surface area contributed by atoms with Crippen LogP contribution in [0.25, 0.3) is 6.08 Å². The second-order valence-corrected chi connectivity index (χ2v) is 7.37. The monoisotopic (exact) mass is 395 g/mol. The van der Waals surface area contributed by atoms with Crippen LogP contribution >= 0.6 is 11.6 Å². The van der Waals surface area contributed by atoms with E-state index in [4.69, 9.17) is 21.1 Å². The molecule has 0 spiro atoms. The van der Waals surface area contributed by atoms with E-state index in [0.717, 1.165) is 24.3 Å². The topological polar surface area (TPSA) is 76.4 Å². The minimum atomic E-state index is -4.10. The molecule has 0 unspecified atom stereocenters. The van der Waals surface area contributed by atoms with E-state index in [2.05, 4.69) is 0 Å². The minimum absolute atomic E-state index is 0.184. The van der Waals surface area contributed by atoms with Crippen molar-refractivity contribution in [2.75, 3.05) is 13.7 Å². The summed E-state index contributed by atoms with van der Waals surface area (Å²) in [7, 11) is -2.67. The Labute approximate surface area is 156 Å². The second kappa shape index (κ2) is 8.21. The van der Waals surface area contributed by atoms with Gasteiger partial charge in [0.1, 0.15) is 16.8 Å². The molecule has 0 N–H and O–H groups in total. The maximum Gasteiger partial charge on any atom is 0.216 e. The molecule has 0 heterocycles. The lowest BCUT2D eigenvalue weighted by Gasteiger charge is -2.12. The fraction of sp³-hybridized carbons (Fsp3) is 0.167. The van der Waals surface area contributed by atoms with Gasteiger partial charge in [-0.1, -0.05) is 11.6 Å². The van der Waals surface area contributed by atoms with Gasteiger partial charge in [-0.2, -0.15) is 5.26 Å². The lowest BCUT2D eigenvalue weighted by Crippen LogP contribution is -2.04. The first-order chi connectivity index (χ1) is 12.3. The van der Waals surface area contributed by atoms with Gasteiger partial charge < -0.3 is 9.47 Å². The highest BCUT2D eigenvalue weighted by atomic mass is 35.5. The highest BCUT2D eigenvalue weighted by molar-refractivity contribution is 7.95. The summed E-state index contributed by atoms with van der Waals surface area (Å²) in [6.07, 6.45) is 1.17. The number of allylic oxidation sites excluding steroid dienone is 1. The molecule has 2 aromatic rings. The van der Waals surface area contributed by atoms with E-state index in [-0.39, 0.29) is 9.92 Å². The minimum Gasteiger partial charge on any atom is -0.491 e. The van der Waals surface area contributed by atoms with E-state index < -0.39 is 20.6 Å². The van der Waals surface area contributed by atoms with Gasteiger partial charge in [0.2, 0.25) is 9.84 Å². The average molecular weight is 396 g/mol. The summed E-state index contributed by atoms with van der Waals surface area (Å²) in [4.78, 5) is -0.691. The Morgan fingerprint density at radius 1 is 1.31 bits per heavy atom. The number of ether oxygens (including phenoxy) is 2. The summed E-state index contributed by atoms with van der Waals surface area (Å²) in [5.74, 6) is 0.0607. The molecule has 0 bridgehead atoms. The molecule has 8 heteroatoms. The normalized spacial score (nSPS) is 11.7. The first kappa shape index (κ1) is 19.8. The van der Waals surface area contributed by atoms with Gasteiger partial charge in [0.25, 0.3) is 0 Å². The fourth-order valence-corrected chi connectivity index (χ4v) is 3.65. The van der Waals surface area contributed by atoms with Gasteiger partial charge in [-0.25, -0.2) is 12.8 Å². The molecular formula is C18H15ClFNO4S. The molecule has 0 saturated carbocycles. The molecule has 26 heavy (non-hydrogen) atoms. The number of nitriles is 1. The van der Waals surface area contributed by atoms with E-state index in [9.17, 15) is 18.1 Å². The molecule has 136 valence electrons. The molecule has 2 rings (SSSR count). The molecule has 0 atom stereocenters. The van der Waals surface area contributed by atoms with E-state index >= 15 is 0 Å². The third-order valence-electron chi connectivity index (χ3n) is 3.36. The van der Waals surface area contributed by atoms with Crippen LogP contribution in [0.1, 0.15) is 12.5 Å². The Hall–Kier alpha value is -2.56. The molecule has 5 nitrogen and oxygen atoms in total. The van der Waals surface area contributed by atoms with Gasteiger partial charge in [-0.05, 0) is 55.0 Å². The SMILES string of the molecule is CCOc1cc(/C=C(\C#N)S(=O)(=O)c2ccc(F)cc2)cc(Cl)c1OC. The van der Waals surface area contributed by atoms with E-state index in [0.29, 0.717) is 23.7 Å². The quantitative estimate of drug-likeness (QED) is 0.540. The van der Waals surface area contributed by atoms with Crippen molar-refractivity contribution in [1.29, 1.82) is 5.26 Å². The third-order valence-corrected chi connectivity index (χ3v) is 5.32. The summed E-state index contributed by atoms with van der Waals surface area (Å²) in [6, 6.07) is 8.87. The van der Waals surface area contributed by atoms with Gasteiger partial charge in [0, 0.05) is 0 Å². The molecule has 0 saturated heterocycles. The maximum absolute atomic E-state index is 13.0. The number of rotatable bonds is 6. The molecular weight excluding hydrogens is 381 g/mol. The van der Waals surface area contributed by atoms with Crippen LogP contribution in [0, 0.1) is 17.1 Å². The Kier molecular flexibility index (Phi) is 6.24. The zero-order valence-electron chi connectivity index (χ0n) is 14.0. The zero-order valence-corrected chi connectivity index (χ0v) is 15.6. The molecule has 0 aliphatic heterocycles. The van der Waals surface area contributed by atoms with Crippen LogP contribution in [0.15, 0.2) is 46.2 Å². The molecule has 0 amide bonds. The van der Waals surface area contributed by atoms with Crippen LogP contribution in [-0.2, 0) is 9.84 Å². The summed E-state index contributed by atoms with van der Waals surface area (Å²) in [5, 5.41) is 9.53. The van der Waals surface area contributed by atoms with Crippen LogP contribution in [0.3, 0.4) is 0 Å². The van der Waals surface area contributed by atoms with Gasteiger partial charge >= 0.3 is 0 Å². The largest absolute Gasteiger partial charge is 0.491 e. The molecule has 2 aromatic carbocycles. The third kappa shape index (κ3) is 4.15. The van der Waals surface area contributed by atoms with E-state index in [1.165, 1.54) is 25.3 Å². The van der Waals surface area contributed by atoms with Crippen molar-refractivity contribution in [3.8, 4) is 17.6 Å². The lowest BCUT2D eigenvalue weighted by atomic mass is 10.2. The van der Waals surface area contributed by atoms with Crippen molar-refractivity contribution in [3.05, 3.63) is 57.7 Å². The smallest absolute Gasteiger partial charge is 0.216 e. The van der Waals surface area contributed by atoms with Crippen LogP contribution in [0.2, 0.25) is 5.02 Å². The van der Waals surface area contributed by atoms with Crippen molar-refractivity contribution in [3.63, 3.8) is 0 Å². The predicted molar refractivity (Wildman–Crippen MR) is 96.3 cm³/mol.